The molecule has 1 spiro atoms. The molecule has 0 aliphatic carbocycles. The lowest BCUT2D eigenvalue weighted by Crippen LogP contribution is -2.48. The molecule has 214 valence electrons. The summed E-state index contributed by atoms with van der Waals surface area (Å²) in [5.74, 6) is -0.963. The van der Waals surface area contributed by atoms with Gasteiger partial charge in [0.25, 0.3) is 5.91 Å². The lowest BCUT2D eigenvalue weighted by Gasteiger charge is -2.37. The monoisotopic (exact) mass is 636 g/mol. The second kappa shape index (κ2) is 10.5. The van der Waals surface area contributed by atoms with Crippen molar-refractivity contribution < 1.29 is 23.5 Å². The smallest absolute Gasteiger partial charge is 0.268 e. The maximum atomic E-state index is 16.2. The van der Waals surface area contributed by atoms with Crippen LogP contribution in [0.5, 0.6) is 0 Å². The number of anilines is 2. The Hall–Kier alpha value is -2.85. The van der Waals surface area contributed by atoms with Crippen LogP contribution in [0.15, 0.2) is 77.3 Å². The summed E-state index contributed by atoms with van der Waals surface area (Å²) in [4.78, 5) is 31.8. The molecule has 3 aromatic rings. The van der Waals surface area contributed by atoms with Crippen molar-refractivity contribution in [1.29, 1.82) is 0 Å². The zero-order valence-electron chi connectivity index (χ0n) is 23.4. The van der Waals surface area contributed by atoms with Crippen LogP contribution in [0, 0.1) is 5.92 Å². The zero-order valence-corrected chi connectivity index (χ0v) is 26.0. The molecule has 0 bridgehead atoms. The van der Waals surface area contributed by atoms with E-state index in [-0.39, 0.29) is 30.9 Å². The fourth-order valence-corrected chi connectivity index (χ4v) is 10.2. The van der Waals surface area contributed by atoms with E-state index in [1.54, 1.807) is 22.9 Å². The fourth-order valence-electron chi connectivity index (χ4n) is 7.31. The molecule has 0 unspecified atom stereocenters. The second-order valence-corrected chi connectivity index (χ2v) is 16.7. The minimum Gasteiger partial charge on any atom is -0.394 e. The number of carbonyl (C=O) groups excluding carboxylic acids is 2. The number of para-hydroxylation sites is 1. The number of carbonyl (C=O) groups is 2. The van der Waals surface area contributed by atoms with E-state index in [9.17, 15) is 14.7 Å². The molecule has 2 amide bonds. The average Bonchev–Trinajstić information content (AvgIpc) is 3.38. The molecular formula is C32H34BrFN2O4Si. The summed E-state index contributed by atoms with van der Waals surface area (Å²) < 4.78 is 23.8. The Morgan fingerprint density at radius 3 is 2.46 bits per heavy atom. The van der Waals surface area contributed by atoms with Crippen molar-refractivity contribution in [2.75, 3.05) is 11.5 Å². The molecule has 5 atom stereocenters. The number of aliphatic hydroxyl groups is 1. The average molecular weight is 638 g/mol. The minimum atomic E-state index is -3.44. The number of nitrogens with zero attached hydrogens (tertiary/aromatic N) is 2. The summed E-state index contributed by atoms with van der Waals surface area (Å²) in [6.07, 6.45) is -0.284. The number of fused-ring (bicyclic) bond motifs is 3. The Bertz CT molecular complexity index is 1500. The van der Waals surface area contributed by atoms with Crippen molar-refractivity contribution in [2.45, 2.75) is 62.7 Å². The van der Waals surface area contributed by atoms with Gasteiger partial charge in [-0.25, -0.2) is 0 Å². The van der Waals surface area contributed by atoms with E-state index in [0.717, 1.165) is 15.6 Å². The van der Waals surface area contributed by atoms with Crippen LogP contribution >= 0.6 is 15.9 Å². The highest BCUT2D eigenvalue weighted by Gasteiger charge is 2.67. The van der Waals surface area contributed by atoms with E-state index >= 15 is 4.11 Å². The van der Waals surface area contributed by atoms with Gasteiger partial charge in [-0.1, -0.05) is 65.3 Å². The van der Waals surface area contributed by atoms with Crippen molar-refractivity contribution in [3.8, 4) is 0 Å². The molecule has 3 aliphatic heterocycles. The quantitative estimate of drug-likeness (QED) is 0.266. The van der Waals surface area contributed by atoms with Crippen LogP contribution < -0.4 is 4.90 Å². The van der Waals surface area contributed by atoms with E-state index in [2.05, 4.69) is 15.9 Å². The summed E-state index contributed by atoms with van der Waals surface area (Å²) in [5.41, 5.74) is 2.24. The van der Waals surface area contributed by atoms with Crippen LogP contribution in [-0.2, 0) is 32.9 Å². The van der Waals surface area contributed by atoms with Gasteiger partial charge in [-0.2, -0.15) is 0 Å². The predicted octanol–water partition coefficient (Wildman–Crippen LogP) is 6.24. The molecule has 3 aromatic carbocycles. The molecule has 1 N–H and O–H groups in total. The number of benzene rings is 3. The highest BCUT2D eigenvalue weighted by molar-refractivity contribution is 9.10. The molecule has 6 rings (SSSR count). The minimum absolute atomic E-state index is 0.0578. The lowest BCUT2D eigenvalue weighted by atomic mass is 9.82. The third kappa shape index (κ3) is 4.58. The van der Waals surface area contributed by atoms with Crippen LogP contribution in [-0.4, -0.2) is 49.0 Å². The molecule has 41 heavy (non-hydrogen) atoms. The molecule has 1 saturated heterocycles. The topological polar surface area (TPSA) is 70.1 Å². The molecule has 9 heteroatoms. The van der Waals surface area contributed by atoms with Crippen molar-refractivity contribution in [3.63, 3.8) is 0 Å². The van der Waals surface area contributed by atoms with E-state index < -0.39 is 31.6 Å². The van der Waals surface area contributed by atoms with Gasteiger partial charge >= 0.3 is 0 Å². The van der Waals surface area contributed by atoms with Gasteiger partial charge < -0.3 is 18.9 Å². The van der Waals surface area contributed by atoms with Gasteiger partial charge in [0.1, 0.15) is 0 Å². The van der Waals surface area contributed by atoms with Crippen LogP contribution in [0.1, 0.15) is 30.0 Å². The van der Waals surface area contributed by atoms with Gasteiger partial charge in [0.2, 0.25) is 14.3 Å². The summed E-state index contributed by atoms with van der Waals surface area (Å²) in [5, 5.41) is 10.2. The van der Waals surface area contributed by atoms with Gasteiger partial charge in [-0.3, -0.25) is 14.5 Å². The maximum absolute atomic E-state index is 16.2. The van der Waals surface area contributed by atoms with Crippen LogP contribution in [0.4, 0.5) is 15.5 Å². The van der Waals surface area contributed by atoms with Crippen LogP contribution in [0.2, 0.25) is 18.6 Å². The molecule has 1 fully saturated rings. The van der Waals surface area contributed by atoms with E-state index in [1.807, 2.05) is 79.7 Å². The fraction of sp³-hybridized carbons (Fsp3) is 0.375. The van der Waals surface area contributed by atoms with Gasteiger partial charge in [-0.05, 0) is 61.0 Å². The Morgan fingerprint density at radius 1 is 1.10 bits per heavy atom. The Kier molecular flexibility index (Phi) is 7.21. The molecule has 3 aliphatic rings. The van der Waals surface area contributed by atoms with Crippen molar-refractivity contribution in [3.05, 3.63) is 94.0 Å². The van der Waals surface area contributed by atoms with Gasteiger partial charge in [0.05, 0.1) is 30.9 Å². The number of halogens is 2. The molecule has 3 heterocycles. The molecular weight excluding hydrogens is 603 g/mol. The zero-order chi connectivity index (χ0) is 29.1. The summed E-state index contributed by atoms with van der Waals surface area (Å²) in [7, 11) is -3.44. The Labute approximate surface area is 249 Å². The largest absolute Gasteiger partial charge is 0.394 e. The van der Waals surface area contributed by atoms with E-state index in [1.165, 1.54) is 0 Å². The summed E-state index contributed by atoms with van der Waals surface area (Å²) >= 11 is 3.57. The summed E-state index contributed by atoms with van der Waals surface area (Å²) in [6, 6.07) is 22.6. The SMILES string of the molecule is C[C@H]1[C@H]([Si](C)(C)F)[C@@H](CC(=O)N2Cc3ccccc3C[C@H]2CO)O[C@]12C(=O)N(c1ccccc1)c1ccc(Br)cc12. The normalized spacial score (nSPS) is 27.3. The number of amides is 2. The summed E-state index contributed by atoms with van der Waals surface area (Å²) in [6.45, 7) is 5.39. The van der Waals surface area contributed by atoms with Crippen LogP contribution in [0.3, 0.4) is 0 Å². The first-order valence-corrected chi connectivity index (χ1v) is 17.8. The van der Waals surface area contributed by atoms with Gasteiger partial charge in [0.15, 0.2) is 5.60 Å². The number of ether oxygens (including phenoxy) is 1. The third-order valence-electron chi connectivity index (χ3n) is 9.11. The number of aliphatic hydroxyl groups excluding tert-OH is 1. The predicted molar refractivity (Wildman–Crippen MR) is 162 cm³/mol. The highest BCUT2D eigenvalue weighted by Crippen LogP contribution is 2.61. The van der Waals surface area contributed by atoms with Crippen molar-refractivity contribution in [2.24, 2.45) is 5.92 Å². The van der Waals surface area contributed by atoms with Crippen molar-refractivity contribution >= 4 is 47.5 Å². The molecule has 0 saturated carbocycles. The van der Waals surface area contributed by atoms with Crippen LogP contribution in [0.25, 0.3) is 0 Å². The third-order valence-corrected chi connectivity index (χ3v) is 12.1. The van der Waals surface area contributed by atoms with E-state index in [4.69, 9.17) is 4.74 Å². The first kappa shape index (κ1) is 28.3. The lowest BCUT2D eigenvalue weighted by molar-refractivity contribution is -0.150. The van der Waals surface area contributed by atoms with E-state index in [0.29, 0.717) is 29.9 Å². The molecule has 0 radical (unpaired) electrons. The standard InChI is InChI=1S/C32H34BrFN2O4Si/c1-20-30(41(2,3)34)28(17-29(38)35-18-22-10-8-7-9-21(22)15-25(35)19-37)40-32(20)26-16-23(33)13-14-27(26)36(31(32)39)24-11-5-4-6-12-24/h4-14,16,20,25,28,30,37H,15,17-19H2,1-3H3/t20-,25-,28+,30-,32+/m0/s1. The second-order valence-electron chi connectivity index (χ2n) is 11.9. The highest BCUT2D eigenvalue weighted by atomic mass is 79.9. The maximum Gasteiger partial charge on any atom is 0.268 e. The Balaban J connectivity index is 1.38. The number of rotatable bonds is 5. The first-order valence-electron chi connectivity index (χ1n) is 14.1. The van der Waals surface area contributed by atoms with Gasteiger partial charge in [0, 0.05) is 33.7 Å². The first-order chi connectivity index (χ1) is 19.6. The Morgan fingerprint density at radius 2 is 1.78 bits per heavy atom. The molecule has 6 nitrogen and oxygen atoms in total. The molecule has 0 aromatic heterocycles. The number of hydrogen-bond acceptors (Lipinski definition) is 4. The number of hydrogen-bond donors (Lipinski definition) is 1. The van der Waals surface area contributed by atoms with Crippen molar-refractivity contribution in [1.82, 2.24) is 4.90 Å². The van der Waals surface area contributed by atoms with Gasteiger partial charge in [-0.15, -0.1) is 0 Å².